The van der Waals surface area contributed by atoms with Crippen LogP contribution in [0, 0.1) is 5.82 Å². The molecule has 2 N–H and O–H groups in total. The van der Waals surface area contributed by atoms with E-state index in [-0.39, 0.29) is 50.5 Å². The van der Waals surface area contributed by atoms with Gasteiger partial charge in [0.05, 0.1) is 36.7 Å². The first-order chi connectivity index (χ1) is 18.6. The summed E-state index contributed by atoms with van der Waals surface area (Å²) in [6.07, 6.45) is -5.09. The zero-order chi connectivity index (χ0) is 27.8. The number of carbonyl (C=O) groups excluding carboxylic acids is 2. The number of anilines is 3. The number of nitrogen functional groups attached to an aromatic ring is 1. The number of Topliss-reactive ketones (excluding diaryl/α,β-unsaturated/α-hetero) is 1. The van der Waals surface area contributed by atoms with Gasteiger partial charge in [-0.25, -0.2) is 41.5 Å². The predicted molar refractivity (Wildman–Crippen MR) is 135 cm³/mol. The third kappa shape index (κ3) is 5.01. The maximum Gasteiger partial charge on any atom is 0.414 e. The van der Waals surface area contributed by atoms with Gasteiger partial charge in [-0.1, -0.05) is 0 Å². The van der Waals surface area contributed by atoms with Crippen LogP contribution in [0.2, 0.25) is 0 Å². The molecular weight excluding hydrogens is 521 g/mol. The fraction of sp³-hybridized carbons (Fsp3) is 0.360. The quantitative estimate of drug-likeness (QED) is 0.450. The molecule has 2 aromatic carbocycles. The number of ether oxygens (including phenoxy) is 1. The van der Waals surface area contributed by atoms with Crippen LogP contribution >= 0.6 is 0 Å². The maximum atomic E-state index is 15.2. The second-order valence-electron chi connectivity index (χ2n) is 9.28. The minimum atomic E-state index is -3.08. The number of halogens is 3. The molecule has 3 aromatic rings. The molecule has 1 atom stereocenters. The zero-order valence-corrected chi connectivity index (χ0v) is 20.6. The third-order valence-electron chi connectivity index (χ3n) is 6.84. The van der Waals surface area contributed by atoms with Crippen molar-refractivity contribution in [3.63, 3.8) is 0 Å². The number of fused-ring (bicyclic) bond motifs is 1. The molecule has 11 nitrogen and oxygen atoms in total. The molecule has 1 amide bonds. The normalized spacial score (nSPS) is 17.3. The molecule has 206 valence electrons. The van der Waals surface area contributed by atoms with E-state index in [2.05, 4.69) is 0 Å². The standard InChI is InChI=1S/C25H25F3N6O5/c26-19-13-17(31-14-18(39-25(31)38)6-8-21(35)22(27)28)5-7-20(19)30-9-11-32-23(36)34(24(37)33(32)12-10-30)16-3-1-15(29)2-4-16/h1-5,7,13,18,22H,6,8-12,14,29H2/t18-/m0/s1. The van der Waals surface area contributed by atoms with Gasteiger partial charge in [0.25, 0.3) is 6.43 Å². The number of rotatable bonds is 7. The number of aromatic nitrogens is 3. The molecule has 0 aliphatic carbocycles. The van der Waals surface area contributed by atoms with Gasteiger partial charge in [-0.2, -0.15) is 0 Å². The molecule has 5 rings (SSSR count). The highest BCUT2D eigenvalue weighted by Crippen LogP contribution is 2.29. The zero-order valence-electron chi connectivity index (χ0n) is 20.6. The summed E-state index contributed by atoms with van der Waals surface area (Å²) in [6, 6.07) is 10.5. The molecule has 39 heavy (non-hydrogen) atoms. The Morgan fingerprint density at radius 2 is 1.56 bits per heavy atom. The van der Waals surface area contributed by atoms with E-state index >= 15 is 4.39 Å². The predicted octanol–water partition coefficient (Wildman–Crippen LogP) is 1.98. The second-order valence-corrected chi connectivity index (χ2v) is 9.28. The molecule has 1 saturated heterocycles. The summed E-state index contributed by atoms with van der Waals surface area (Å²) in [5, 5.41) is 0. The topological polar surface area (TPSA) is 125 Å². The molecule has 0 unspecified atom stereocenters. The van der Waals surface area contributed by atoms with Gasteiger partial charge in [0.15, 0.2) is 5.78 Å². The number of benzene rings is 2. The van der Waals surface area contributed by atoms with Gasteiger partial charge in [-0.3, -0.25) is 9.69 Å². The highest BCUT2D eigenvalue weighted by Gasteiger charge is 2.34. The highest BCUT2D eigenvalue weighted by molar-refractivity contribution is 5.90. The lowest BCUT2D eigenvalue weighted by Gasteiger charge is -2.23. The van der Waals surface area contributed by atoms with Gasteiger partial charge < -0.3 is 15.4 Å². The Bertz CT molecular complexity index is 1490. The van der Waals surface area contributed by atoms with Crippen molar-refractivity contribution in [1.82, 2.24) is 13.9 Å². The number of alkyl halides is 2. The Balaban J connectivity index is 1.29. The number of cyclic esters (lactones) is 1. The number of hydrogen-bond acceptors (Lipinski definition) is 7. The first-order valence-corrected chi connectivity index (χ1v) is 12.3. The first kappa shape index (κ1) is 26.1. The van der Waals surface area contributed by atoms with E-state index in [1.54, 1.807) is 29.2 Å². The van der Waals surface area contributed by atoms with E-state index in [0.717, 1.165) is 10.6 Å². The highest BCUT2D eigenvalue weighted by atomic mass is 19.3. The van der Waals surface area contributed by atoms with Crippen molar-refractivity contribution in [2.45, 2.75) is 38.5 Å². The van der Waals surface area contributed by atoms with Crippen LogP contribution in [0.25, 0.3) is 5.69 Å². The van der Waals surface area contributed by atoms with Gasteiger partial charge in [0, 0.05) is 25.2 Å². The van der Waals surface area contributed by atoms with Crippen LogP contribution in [-0.2, 0) is 22.6 Å². The number of nitrogens with zero attached hydrogens (tertiary/aromatic N) is 5. The van der Waals surface area contributed by atoms with E-state index < -0.39 is 48.0 Å². The lowest BCUT2D eigenvalue weighted by Crippen LogP contribution is -2.33. The van der Waals surface area contributed by atoms with Crippen molar-refractivity contribution in [3.8, 4) is 5.69 Å². The molecule has 2 aliphatic rings. The van der Waals surface area contributed by atoms with Crippen molar-refractivity contribution in [2.24, 2.45) is 0 Å². The minimum absolute atomic E-state index is 0.00347. The Kier molecular flexibility index (Phi) is 6.93. The SMILES string of the molecule is Nc1ccc(-n2c(=O)n3n(c2=O)CCN(c2ccc(N4C[C@H](CCC(=O)C(F)F)OC4=O)cc2F)CC3)cc1. The Morgan fingerprint density at radius 1 is 0.949 bits per heavy atom. The summed E-state index contributed by atoms with van der Waals surface area (Å²) >= 11 is 0. The largest absolute Gasteiger partial charge is 0.444 e. The smallest absolute Gasteiger partial charge is 0.414 e. The monoisotopic (exact) mass is 546 g/mol. The van der Waals surface area contributed by atoms with Crippen LogP contribution in [-0.4, -0.2) is 58.0 Å². The molecule has 1 fully saturated rings. The number of amides is 1. The Labute approximate surface area is 219 Å². The molecule has 0 radical (unpaired) electrons. The van der Waals surface area contributed by atoms with E-state index in [1.807, 2.05) is 0 Å². The van der Waals surface area contributed by atoms with Crippen LogP contribution in [0.15, 0.2) is 52.1 Å². The average molecular weight is 547 g/mol. The van der Waals surface area contributed by atoms with Crippen LogP contribution in [0.5, 0.6) is 0 Å². The number of carbonyl (C=O) groups is 2. The second kappa shape index (κ2) is 10.3. The first-order valence-electron chi connectivity index (χ1n) is 12.3. The van der Waals surface area contributed by atoms with E-state index in [9.17, 15) is 28.0 Å². The summed E-state index contributed by atoms with van der Waals surface area (Å²) in [5.41, 5.74) is 6.01. The summed E-state index contributed by atoms with van der Waals surface area (Å²) in [5.74, 6) is -1.86. The van der Waals surface area contributed by atoms with Crippen molar-refractivity contribution >= 4 is 28.9 Å². The third-order valence-corrected chi connectivity index (χ3v) is 6.84. The molecule has 2 aliphatic heterocycles. The lowest BCUT2D eigenvalue weighted by atomic mass is 10.1. The van der Waals surface area contributed by atoms with Crippen LogP contribution in [0.3, 0.4) is 0 Å². The van der Waals surface area contributed by atoms with Crippen molar-refractivity contribution < 1.29 is 27.5 Å². The van der Waals surface area contributed by atoms with Gasteiger partial charge in [-0.15, -0.1) is 0 Å². The summed E-state index contributed by atoms with van der Waals surface area (Å²) in [6.45, 7) is 0.751. The maximum absolute atomic E-state index is 15.2. The summed E-state index contributed by atoms with van der Waals surface area (Å²) in [4.78, 5) is 52.4. The van der Waals surface area contributed by atoms with Crippen LogP contribution < -0.4 is 26.9 Å². The van der Waals surface area contributed by atoms with Crippen molar-refractivity contribution in [1.29, 1.82) is 0 Å². The van der Waals surface area contributed by atoms with Crippen molar-refractivity contribution in [3.05, 3.63) is 69.3 Å². The van der Waals surface area contributed by atoms with Gasteiger partial charge in [0.2, 0.25) is 0 Å². The van der Waals surface area contributed by atoms with Gasteiger partial charge >= 0.3 is 17.5 Å². The van der Waals surface area contributed by atoms with E-state index in [1.165, 1.54) is 26.4 Å². The van der Waals surface area contributed by atoms with Gasteiger partial charge in [0.1, 0.15) is 11.9 Å². The minimum Gasteiger partial charge on any atom is -0.444 e. The Morgan fingerprint density at radius 3 is 2.15 bits per heavy atom. The number of ketones is 1. The fourth-order valence-electron chi connectivity index (χ4n) is 4.79. The Hall–Kier alpha value is -4.49. The van der Waals surface area contributed by atoms with E-state index in [0.29, 0.717) is 11.4 Å². The molecule has 0 bridgehead atoms. The molecule has 0 saturated carbocycles. The van der Waals surface area contributed by atoms with Crippen molar-refractivity contribution in [2.75, 3.05) is 35.2 Å². The molecule has 14 heteroatoms. The molecule has 3 heterocycles. The van der Waals surface area contributed by atoms with E-state index in [4.69, 9.17) is 10.5 Å². The lowest BCUT2D eigenvalue weighted by molar-refractivity contribution is -0.129. The summed E-state index contributed by atoms with van der Waals surface area (Å²) in [7, 11) is 0. The fourth-order valence-corrected chi connectivity index (χ4v) is 4.79. The molecule has 1 aromatic heterocycles. The van der Waals surface area contributed by atoms with Crippen LogP contribution in [0.1, 0.15) is 12.8 Å². The van der Waals surface area contributed by atoms with Gasteiger partial charge in [-0.05, 0) is 48.9 Å². The molecule has 0 spiro atoms. The summed E-state index contributed by atoms with van der Waals surface area (Å²) < 4.78 is 48.9. The van der Waals surface area contributed by atoms with Crippen LogP contribution in [0.4, 0.5) is 35.0 Å². The number of nitrogens with two attached hydrogens (primary N) is 1. The molecular formula is C25H25F3N6O5. The number of hydrogen-bond donors (Lipinski definition) is 1. The average Bonchev–Trinajstić information content (AvgIpc) is 3.28.